The van der Waals surface area contributed by atoms with E-state index in [2.05, 4.69) is 186 Å². The van der Waals surface area contributed by atoms with Crippen LogP contribution in [-0.2, 0) is 24.0 Å². The number of nitrogens with zero attached hydrogens (tertiary/aromatic N) is 3. The van der Waals surface area contributed by atoms with Crippen LogP contribution < -0.4 is 13.7 Å². The Morgan fingerprint density at radius 3 is 1.67 bits per heavy atom. The van der Waals surface area contributed by atoms with Crippen LogP contribution in [0.25, 0.3) is 44.9 Å². The molecule has 3 aromatic heterocycles. The van der Waals surface area contributed by atoms with E-state index in [0.29, 0.717) is 0 Å². The van der Waals surface area contributed by atoms with Crippen molar-refractivity contribution < 1.29 is 13.7 Å². The SMILES string of the molecule is CCc1cc2[n+](cc1-c1ccccc1)CC1(c3ccccc3-2)[n+]2c(C)cccc2-c2ccccc2C12c1ccccc1-c1cccc(C)[n+]12. The number of pyridine rings is 3. The maximum atomic E-state index is 2.71. The minimum Gasteiger partial charge on any atom is -0.190 e. The standard InChI is InChI=1S/C46H38N3/c1-4-33-28-44-35-20-8-11-23-39(35)45(30-47(44)29-38(33)34-18-6-5-7-19-34)46(40-24-12-9-21-36(40)42-26-14-16-31(2)48(42)45)41-25-13-10-22-37(41)43-27-15-17-32(3)49(43)46/h5-29H,4,30H2,1-3H3/q+3. The number of rotatable bonds is 2. The van der Waals surface area contributed by atoms with E-state index in [9.17, 15) is 0 Å². The van der Waals surface area contributed by atoms with Gasteiger partial charge in [0.2, 0.25) is 23.6 Å². The smallest absolute Gasteiger partial charge is 0.190 e. The molecule has 4 aromatic carbocycles. The van der Waals surface area contributed by atoms with Crippen molar-refractivity contribution in [2.45, 2.75) is 44.8 Å². The van der Waals surface area contributed by atoms with Crippen LogP contribution in [0.2, 0.25) is 0 Å². The minimum atomic E-state index is -0.595. The summed E-state index contributed by atoms with van der Waals surface area (Å²) in [6.07, 6.45) is 3.42. The normalized spacial score (nSPS) is 19.1. The fourth-order valence-corrected chi connectivity index (χ4v) is 9.90. The highest BCUT2D eigenvalue weighted by atomic mass is 15.3. The highest BCUT2D eigenvalue weighted by molar-refractivity contribution is 5.78. The van der Waals surface area contributed by atoms with Gasteiger partial charge in [-0.15, -0.1) is 0 Å². The maximum Gasteiger partial charge on any atom is 0.325 e. The molecular formula is C46H38N3+3. The molecule has 234 valence electrons. The molecule has 2 spiro atoms. The molecule has 0 saturated carbocycles. The first kappa shape index (κ1) is 28.4. The molecule has 0 amide bonds. The van der Waals surface area contributed by atoms with E-state index in [4.69, 9.17) is 0 Å². The first-order chi connectivity index (χ1) is 24.1. The summed E-state index contributed by atoms with van der Waals surface area (Å²) in [5.41, 5.74) is 17.0. The molecule has 3 heteroatoms. The Morgan fingerprint density at radius 1 is 0.510 bits per heavy atom. The average Bonchev–Trinajstić information content (AvgIpc) is 3.46. The van der Waals surface area contributed by atoms with Gasteiger partial charge in [-0.3, -0.25) is 0 Å². The van der Waals surface area contributed by atoms with Gasteiger partial charge in [0.15, 0.2) is 17.6 Å². The van der Waals surface area contributed by atoms with E-state index in [0.717, 1.165) is 13.0 Å². The Bertz CT molecular complexity index is 2500. The van der Waals surface area contributed by atoms with Gasteiger partial charge >= 0.3 is 5.54 Å². The molecule has 0 radical (unpaired) electrons. The van der Waals surface area contributed by atoms with Crippen molar-refractivity contribution in [2.75, 3.05) is 0 Å². The Morgan fingerprint density at radius 2 is 1.04 bits per heavy atom. The van der Waals surface area contributed by atoms with Gasteiger partial charge in [0.1, 0.15) is 0 Å². The predicted molar refractivity (Wildman–Crippen MR) is 194 cm³/mol. The third kappa shape index (κ3) is 3.45. The molecule has 3 nitrogen and oxygen atoms in total. The van der Waals surface area contributed by atoms with Crippen molar-refractivity contribution in [3.63, 3.8) is 0 Å². The molecule has 0 fully saturated rings. The lowest BCUT2D eigenvalue weighted by atomic mass is 9.59. The Hall–Kier alpha value is -5.67. The predicted octanol–water partition coefficient (Wildman–Crippen LogP) is 8.27. The average molecular weight is 633 g/mol. The van der Waals surface area contributed by atoms with Crippen molar-refractivity contribution in [2.24, 2.45) is 0 Å². The summed E-state index contributed by atoms with van der Waals surface area (Å²) in [6.45, 7) is 7.64. The highest BCUT2D eigenvalue weighted by Gasteiger charge is 2.79. The number of benzene rings is 4. The van der Waals surface area contributed by atoms with Gasteiger partial charge in [0.05, 0.1) is 22.3 Å². The maximum absolute atomic E-state index is 2.71. The lowest BCUT2D eigenvalue weighted by molar-refractivity contribution is -0.888. The van der Waals surface area contributed by atoms with Crippen LogP contribution in [0.1, 0.15) is 40.6 Å². The third-order valence-electron chi connectivity index (χ3n) is 11.6. The van der Waals surface area contributed by atoms with Crippen LogP contribution in [-0.4, -0.2) is 0 Å². The van der Waals surface area contributed by atoms with Gasteiger partial charge < -0.3 is 0 Å². The van der Waals surface area contributed by atoms with E-state index in [-0.39, 0.29) is 0 Å². The van der Waals surface area contributed by atoms with Crippen LogP contribution in [0, 0.1) is 13.8 Å². The molecule has 2 atom stereocenters. The highest BCUT2D eigenvalue weighted by Crippen LogP contribution is 2.58. The molecule has 3 aliphatic rings. The van der Waals surface area contributed by atoms with Crippen molar-refractivity contribution in [3.05, 3.63) is 185 Å². The second-order valence-electron chi connectivity index (χ2n) is 13.9. The molecule has 0 N–H and O–H groups in total. The number of aryl methyl sites for hydroxylation is 3. The monoisotopic (exact) mass is 632 g/mol. The van der Waals surface area contributed by atoms with Gasteiger partial charge in [-0.1, -0.05) is 91.9 Å². The summed E-state index contributed by atoms with van der Waals surface area (Å²) in [6, 6.07) is 54.8. The summed E-state index contributed by atoms with van der Waals surface area (Å²) in [4.78, 5) is 0. The molecule has 3 aliphatic heterocycles. The summed E-state index contributed by atoms with van der Waals surface area (Å²) >= 11 is 0. The van der Waals surface area contributed by atoms with Crippen molar-refractivity contribution in [3.8, 4) is 44.9 Å². The lowest BCUT2D eigenvalue weighted by Gasteiger charge is -2.45. The summed E-state index contributed by atoms with van der Waals surface area (Å²) in [5, 5.41) is 0. The van der Waals surface area contributed by atoms with Crippen LogP contribution in [0.4, 0.5) is 0 Å². The molecular weight excluding hydrogens is 595 g/mol. The number of hydrogen-bond acceptors (Lipinski definition) is 0. The first-order valence-corrected chi connectivity index (χ1v) is 17.6. The summed E-state index contributed by atoms with van der Waals surface area (Å²) in [7, 11) is 0. The van der Waals surface area contributed by atoms with Crippen LogP contribution >= 0.6 is 0 Å². The second-order valence-corrected chi connectivity index (χ2v) is 13.9. The zero-order valence-electron chi connectivity index (χ0n) is 28.2. The quantitative estimate of drug-likeness (QED) is 0.170. The Balaban J connectivity index is 1.44. The van der Waals surface area contributed by atoms with Gasteiger partial charge in [0, 0.05) is 60.9 Å². The third-order valence-corrected chi connectivity index (χ3v) is 11.6. The first-order valence-electron chi connectivity index (χ1n) is 17.6. The van der Waals surface area contributed by atoms with E-state index < -0.39 is 11.1 Å². The number of fused-ring (bicyclic) bond motifs is 15. The molecule has 0 aliphatic carbocycles. The van der Waals surface area contributed by atoms with Gasteiger partial charge in [-0.05, 0) is 47.9 Å². The van der Waals surface area contributed by atoms with E-state index in [1.54, 1.807) is 0 Å². The molecule has 10 rings (SSSR count). The van der Waals surface area contributed by atoms with E-state index in [1.807, 2.05) is 0 Å². The topological polar surface area (TPSA) is 11.6 Å². The molecule has 6 heterocycles. The van der Waals surface area contributed by atoms with Crippen molar-refractivity contribution >= 4 is 0 Å². The second kappa shape index (κ2) is 10.2. The Kier molecular flexibility index (Phi) is 5.88. The van der Waals surface area contributed by atoms with Gasteiger partial charge in [0.25, 0.3) is 5.54 Å². The van der Waals surface area contributed by atoms with Crippen LogP contribution in [0.5, 0.6) is 0 Å². The molecule has 7 aromatic rings. The molecule has 0 bridgehead atoms. The molecule has 0 saturated heterocycles. The van der Waals surface area contributed by atoms with Crippen LogP contribution in [0.15, 0.2) is 152 Å². The zero-order valence-corrected chi connectivity index (χ0v) is 28.2. The zero-order chi connectivity index (χ0) is 32.9. The van der Waals surface area contributed by atoms with Gasteiger partial charge in [-0.25, -0.2) is 0 Å². The fraction of sp³-hybridized carbons (Fsp3) is 0.152. The largest absolute Gasteiger partial charge is 0.325 e. The van der Waals surface area contributed by atoms with Crippen molar-refractivity contribution in [1.82, 2.24) is 0 Å². The number of hydrogen-bond donors (Lipinski definition) is 0. The van der Waals surface area contributed by atoms with Gasteiger partial charge in [-0.2, -0.15) is 13.7 Å². The molecule has 2 unspecified atom stereocenters. The van der Waals surface area contributed by atoms with E-state index in [1.165, 1.54) is 78.5 Å². The minimum absolute atomic E-state index is 0.573. The lowest BCUT2D eigenvalue weighted by Crippen LogP contribution is -2.84. The fourth-order valence-electron chi connectivity index (χ4n) is 9.90. The van der Waals surface area contributed by atoms with E-state index >= 15 is 0 Å². The Labute approximate surface area is 288 Å². The summed E-state index contributed by atoms with van der Waals surface area (Å²) in [5.74, 6) is 0. The number of aromatic nitrogens is 3. The van der Waals surface area contributed by atoms with Crippen molar-refractivity contribution in [1.29, 1.82) is 0 Å². The van der Waals surface area contributed by atoms with Crippen LogP contribution in [0.3, 0.4) is 0 Å². The summed E-state index contributed by atoms with van der Waals surface area (Å²) < 4.78 is 7.99. The molecule has 49 heavy (non-hydrogen) atoms.